The molecule has 14 heteroatoms. The monoisotopic (exact) mass is 608 g/mol. The molecule has 6 rings (SSSR count). The Morgan fingerprint density at radius 3 is 2.40 bits per heavy atom. The Morgan fingerprint density at radius 1 is 0.956 bits per heavy atom. The quantitative estimate of drug-likeness (QED) is 0.244. The number of aryl methyl sites for hydroxylation is 1. The maximum absolute atomic E-state index is 13.5. The minimum atomic E-state index is -1.23. The first-order valence-corrected chi connectivity index (χ1v) is 13.7. The van der Waals surface area contributed by atoms with Gasteiger partial charge in [0.15, 0.2) is 5.69 Å². The Morgan fingerprint density at radius 2 is 1.73 bits per heavy atom. The van der Waals surface area contributed by atoms with E-state index in [1.54, 1.807) is 30.1 Å². The van der Waals surface area contributed by atoms with E-state index in [4.69, 9.17) is 4.74 Å². The number of carboxylic acid groups (broad SMARTS) is 1. The van der Waals surface area contributed by atoms with E-state index >= 15 is 0 Å². The van der Waals surface area contributed by atoms with Crippen LogP contribution in [0.5, 0.6) is 11.5 Å². The lowest BCUT2D eigenvalue weighted by Crippen LogP contribution is -2.28. The van der Waals surface area contributed by atoms with Gasteiger partial charge in [-0.15, -0.1) is 0 Å². The topological polar surface area (TPSA) is 159 Å². The SMILES string of the molecule is CC(C)n1cc(-c2ccc(F)cc2)c(=O)c(C(=O)Nc2ccc(Oc3cc4cnn(C)c4cc3-c3cnn(C(=O)O)c3)cn2)n1. The second-order valence-corrected chi connectivity index (χ2v) is 10.4. The molecule has 0 spiro atoms. The molecule has 4 aromatic heterocycles. The lowest BCUT2D eigenvalue weighted by atomic mass is 10.1. The zero-order valence-electron chi connectivity index (χ0n) is 24.2. The molecule has 0 aliphatic rings. The molecule has 0 bridgehead atoms. The molecule has 0 atom stereocenters. The normalized spacial score (nSPS) is 11.2. The molecule has 4 heterocycles. The summed E-state index contributed by atoms with van der Waals surface area (Å²) in [6.45, 7) is 3.70. The molecular formula is C31H25FN8O5. The van der Waals surface area contributed by atoms with Crippen molar-refractivity contribution in [1.29, 1.82) is 0 Å². The number of hydrogen-bond donors (Lipinski definition) is 2. The standard InChI is InChI=1S/C31H25FN8O5/c1-17(2)39-16-24(18-4-6-21(32)7-5-18)29(41)28(37-39)30(42)36-27-9-8-22(14-33-27)45-26-10-19-12-34-38(3)25(19)11-23(26)20-13-35-40(15-20)31(43)44/h4-17H,1-3H3,(H,43,44)(H,33,36,42). The number of benzene rings is 2. The van der Waals surface area contributed by atoms with Crippen molar-refractivity contribution in [3.05, 3.63) is 101 Å². The molecule has 0 unspecified atom stereocenters. The Kier molecular flexibility index (Phi) is 7.38. The number of ether oxygens (including phenoxy) is 1. The fourth-order valence-electron chi connectivity index (χ4n) is 4.63. The third kappa shape index (κ3) is 5.76. The van der Waals surface area contributed by atoms with Crippen molar-refractivity contribution in [2.45, 2.75) is 19.9 Å². The van der Waals surface area contributed by atoms with Crippen molar-refractivity contribution in [1.82, 2.24) is 34.3 Å². The van der Waals surface area contributed by atoms with Gasteiger partial charge in [-0.3, -0.25) is 19.0 Å². The number of rotatable bonds is 7. The summed E-state index contributed by atoms with van der Waals surface area (Å²) in [7, 11) is 1.79. The maximum atomic E-state index is 13.5. The third-order valence-corrected chi connectivity index (χ3v) is 6.98. The average Bonchev–Trinajstić information content (AvgIpc) is 3.65. The smallest absolute Gasteiger partial charge is 0.432 e. The highest BCUT2D eigenvalue weighted by Gasteiger charge is 2.20. The van der Waals surface area contributed by atoms with Gasteiger partial charge in [-0.25, -0.2) is 14.2 Å². The van der Waals surface area contributed by atoms with Crippen LogP contribution in [-0.4, -0.2) is 51.4 Å². The fourth-order valence-corrected chi connectivity index (χ4v) is 4.63. The van der Waals surface area contributed by atoms with E-state index in [0.717, 1.165) is 15.6 Å². The minimum Gasteiger partial charge on any atom is -0.463 e. The van der Waals surface area contributed by atoms with Crippen LogP contribution in [0.4, 0.5) is 15.0 Å². The van der Waals surface area contributed by atoms with Gasteiger partial charge in [0.05, 0.1) is 24.1 Å². The lowest BCUT2D eigenvalue weighted by Gasteiger charge is -2.14. The molecular weight excluding hydrogens is 583 g/mol. The van der Waals surface area contributed by atoms with E-state index < -0.39 is 23.2 Å². The van der Waals surface area contributed by atoms with Crippen LogP contribution in [0, 0.1) is 5.82 Å². The van der Waals surface area contributed by atoms with Gasteiger partial charge in [-0.1, -0.05) is 12.1 Å². The van der Waals surface area contributed by atoms with Crippen LogP contribution in [0.25, 0.3) is 33.2 Å². The molecule has 0 aliphatic heterocycles. The fraction of sp³-hybridized carbons (Fsp3) is 0.129. The van der Waals surface area contributed by atoms with E-state index in [1.165, 1.54) is 59.8 Å². The highest BCUT2D eigenvalue weighted by molar-refractivity contribution is 6.02. The number of pyridine rings is 1. The van der Waals surface area contributed by atoms with Gasteiger partial charge in [0, 0.05) is 47.6 Å². The molecule has 226 valence electrons. The Hall–Kier alpha value is -6.18. The number of amides is 1. The molecule has 6 aromatic rings. The zero-order valence-corrected chi connectivity index (χ0v) is 24.2. The Bertz CT molecular complexity index is 2130. The van der Waals surface area contributed by atoms with Crippen LogP contribution in [0.2, 0.25) is 0 Å². The number of carbonyl (C=O) groups is 2. The second kappa shape index (κ2) is 11.5. The summed E-state index contributed by atoms with van der Waals surface area (Å²) in [6.07, 6.45) is 6.16. The van der Waals surface area contributed by atoms with Crippen molar-refractivity contribution in [3.8, 4) is 33.8 Å². The summed E-state index contributed by atoms with van der Waals surface area (Å²) in [5.74, 6) is -0.352. The van der Waals surface area contributed by atoms with Gasteiger partial charge in [-0.05, 0) is 55.8 Å². The summed E-state index contributed by atoms with van der Waals surface area (Å²) in [5, 5.41) is 25.1. The first-order valence-electron chi connectivity index (χ1n) is 13.7. The van der Waals surface area contributed by atoms with Crippen molar-refractivity contribution in [2.75, 3.05) is 5.32 Å². The second-order valence-electron chi connectivity index (χ2n) is 10.4. The number of fused-ring (bicyclic) bond motifs is 1. The highest BCUT2D eigenvalue weighted by atomic mass is 19.1. The highest BCUT2D eigenvalue weighted by Crippen LogP contribution is 2.37. The molecule has 0 radical (unpaired) electrons. The van der Waals surface area contributed by atoms with Gasteiger partial charge in [0.1, 0.15) is 23.1 Å². The predicted octanol–water partition coefficient (Wildman–Crippen LogP) is 5.35. The van der Waals surface area contributed by atoms with Crippen LogP contribution in [0.3, 0.4) is 0 Å². The number of halogens is 1. The zero-order chi connectivity index (χ0) is 31.8. The Balaban J connectivity index is 1.27. The van der Waals surface area contributed by atoms with Crippen LogP contribution in [0.1, 0.15) is 30.4 Å². The first kappa shape index (κ1) is 28.9. The van der Waals surface area contributed by atoms with E-state index in [2.05, 4.69) is 25.6 Å². The average molecular weight is 609 g/mol. The molecule has 0 fully saturated rings. The van der Waals surface area contributed by atoms with Gasteiger partial charge < -0.3 is 15.2 Å². The molecule has 0 saturated heterocycles. The van der Waals surface area contributed by atoms with Crippen LogP contribution in [0.15, 0.2) is 84.3 Å². The number of anilines is 1. The van der Waals surface area contributed by atoms with Crippen molar-refractivity contribution < 1.29 is 23.8 Å². The number of nitrogens with zero attached hydrogens (tertiary/aromatic N) is 7. The molecule has 0 aliphatic carbocycles. The summed E-state index contributed by atoms with van der Waals surface area (Å²) >= 11 is 0. The first-order chi connectivity index (χ1) is 21.6. The Labute approximate surface area is 254 Å². The molecule has 0 saturated carbocycles. The molecule has 45 heavy (non-hydrogen) atoms. The largest absolute Gasteiger partial charge is 0.463 e. The maximum Gasteiger partial charge on any atom is 0.432 e. The van der Waals surface area contributed by atoms with E-state index in [9.17, 15) is 23.9 Å². The van der Waals surface area contributed by atoms with Crippen molar-refractivity contribution in [3.63, 3.8) is 0 Å². The number of carbonyl (C=O) groups excluding carboxylic acids is 1. The van der Waals surface area contributed by atoms with Crippen LogP contribution < -0.4 is 15.5 Å². The molecule has 2 aromatic carbocycles. The predicted molar refractivity (Wildman–Crippen MR) is 162 cm³/mol. The van der Waals surface area contributed by atoms with Crippen molar-refractivity contribution in [2.24, 2.45) is 7.05 Å². The van der Waals surface area contributed by atoms with Gasteiger partial charge in [0.25, 0.3) is 5.91 Å². The van der Waals surface area contributed by atoms with Crippen molar-refractivity contribution >= 4 is 28.7 Å². The minimum absolute atomic E-state index is 0.141. The summed E-state index contributed by atoms with van der Waals surface area (Å²) in [5.41, 5.74) is 1.58. The number of hydrogen-bond acceptors (Lipinski definition) is 8. The summed E-state index contributed by atoms with van der Waals surface area (Å²) in [6, 6.07) is 11.9. The van der Waals surface area contributed by atoms with Gasteiger partial charge in [0.2, 0.25) is 5.43 Å². The third-order valence-electron chi connectivity index (χ3n) is 6.98. The number of nitrogens with one attached hydrogen (secondary N) is 1. The molecule has 13 nitrogen and oxygen atoms in total. The van der Waals surface area contributed by atoms with E-state index in [0.29, 0.717) is 28.2 Å². The molecule has 1 amide bonds. The summed E-state index contributed by atoms with van der Waals surface area (Å²) in [4.78, 5) is 42.2. The summed E-state index contributed by atoms with van der Waals surface area (Å²) < 4.78 is 23.6. The van der Waals surface area contributed by atoms with E-state index in [-0.39, 0.29) is 23.1 Å². The number of aromatic nitrogens is 7. The molecule has 2 N–H and O–H groups in total. The van der Waals surface area contributed by atoms with Gasteiger partial charge >= 0.3 is 6.09 Å². The van der Waals surface area contributed by atoms with Crippen LogP contribution in [-0.2, 0) is 7.05 Å². The van der Waals surface area contributed by atoms with E-state index in [1.807, 2.05) is 19.9 Å². The van der Waals surface area contributed by atoms with Crippen LogP contribution >= 0.6 is 0 Å². The van der Waals surface area contributed by atoms with Gasteiger partial charge in [-0.2, -0.15) is 20.0 Å². The lowest BCUT2D eigenvalue weighted by molar-refractivity contribution is 0.101.